The maximum atomic E-state index is 12.8. The van der Waals surface area contributed by atoms with Gasteiger partial charge < -0.3 is 21.1 Å². The topological polar surface area (TPSA) is 131 Å². The Hall–Kier alpha value is -1.80. The number of aliphatic hydroxyl groups excluding tert-OH is 1. The van der Waals surface area contributed by atoms with Gasteiger partial charge in [-0.2, -0.15) is 0 Å². The third-order valence-electron chi connectivity index (χ3n) is 9.35. The van der Waals surface area contributed by atoms with Crippen LogP contribution in [0.3, 0.4) is 0 Å². The van der Waals surface area contributed by atoms with Crippen LogP contribution in [0.5, 0.6) is 0 Å². The number of amides is 1. The molecular weight excluding hydrogens is 695 g/mol. The zero-order valence-electron chi connectivity index (χ0n) is 34.7. The van der Waals surface area contributed by atoms with Gasteiger partial charge >= 0.3 is 7.82 Å². The lowest BCUT2D eigenvalue weighted by Gasteiger charge is -2.23. The van der Waals surface area contributed by atoms with Crippen LogP contribution in [0.25, 0.3) is 0 Å². The van der Waals surface area contributed by atoms with Crippen LogP contribution in [-0.2, 0) is 18.4 Å². The number of hydrogen-bond donors (Lipinski definition) is 4. The average molecular weight is 779 g/mol. The first-order valence-electron chi connectivity index (χ1n) is 21.9. The zero-order chi connectivity index (χ0) is 39.6. The van der Waals surface area contributed by atoms with E-state index in [1.807, 2.05) is 6.08 Å². The van der Waals surface area contributed by atoms with Crippen molar-refractivity contribution in [2.75, 3.05) is 19.8 Å². The summed E-state index contributed by atoms with van der Waals surface area (Å²) in [5, 5.41) is 13.7. The molecule has 0 spiro atoms. The second-order valence-corrected chi connectivity index (χ2v) is 16.0. The molecule has 1 amide bonds. The van der Waals surface area contributed by atoms with E-state index in [1.165, 1.54) is 89.9 Å². The summed E-state index contributed by atoms with van der Waals surface area (Å²) in [6.07, 6.45) is 51.2. The highest BCUT2D eigenvalue weighted by Crippen LogP contribution is 2.43. The first-order valence-corrected chi connectivity index (χ1v) is 23.4. The molecule has 0 heterocycles. The molecule has 0 bridgehead atoms. The van der Waals surface area contributed by atoms with E-state index < -0.39 is 20.0 Å². The van der Waals surface area contributed by atoms with E-state index in [1.54, 1.807) is 6.08 Å². The van der Waals surface area contributed by atoms with E-state index in [0.29, 0.717) is 6.42 Å². The smallest absolute Gasteiger partial charge is 0.387 e. The van der Waals surface area contributed by atoms with Crippen molar-refractivity contribution in [1.29, 1.82) is 0 Å². The highest BCUT2D eigenvalue weighted by Gasteiger charge is 2.26. The number of hydrogen-bond acceptors (Lipinski definition) is 6. The molecule has 0 aromatic rings. The minimum Gasteiger partial charge on any atom is -0.387 e. The molecule has 3 unspecified atom stereocenters. The fraction of sp³-hybridized carbons (Fsp3) is 0.756. The molecule has 0 aliphatic rings. The molecule has 0 radical (unpaired) electrons. The van der Waals surface area contributed by atoms with E-state index in [9.17, 15) is 19.4 Å². The normalized spacial score (nSPS) is 14.7. The number of allylic oxidation sites excluding steroid dienone is 9. The molecule has 3 atom stereocenters. The van der Waals surface area contributed by atoms with Crippen molar-refractivity contribution in [1.82, 2.24) is 5.32 Å². The number of phosphoric ester groups is 1. The molecular formula is C45H83N2O6P. The van der Waals surface area contributed by atoms with E-state index in [-0.39, 0.29) is 25.7 Å². The van der Waals surface area contributed by atoms with Crippen LogP contribution in [-0.4, -0.2) is 47.8 Å². The third kappa shape index (κ3) is 38.5. The molecule has 0 aromatic heterocycles. The van der Waals surface area contributed by atoms with E-state index >= 15 is 0 Å². The zero-order valence-corrected chi connectivity index (χ0v) is 35.6. The monoisotopic (exact) mass is 779 g/mol. The number of carbonyl (C=O) groups is 1. The van der Waals surface area contributed by atoms with Gasteiger partial charge in [0.25, 0.3) is 0 Å². The fourth-order valence-corrected chi connectivity index (χ4v) is 6.82. The van der Waals surface area contributed by atoms with Gasteiger partial charge in [-0.15, -0.1) is 0 Å². The van der Waals surface area contributed by atoms with Gasteiger partial charge in [-0.25, -0.2) is 4.57 Å². The first-order chi connectivity index (χ1) is 26.4. The summed E-state index contributed by atoms with van der Waals surface area (Å²) >= 11 is 0. The molecule has 0 aliphatic carbocycles. The average Bonchev–Trinajstić information content (AvgIpc) is 3.16. The number of unbranched alkanes of at least 4 members (excludes halogenated alkanes) is 20. The van der Waals surface area contributed by atoms with Crippen LogP contribution in [0.4, 0.5) is 0 Å². The molecule has 8 nitrogen and oxygen atoms in total. The van der Waals surface area contributed by atoms with E-state index in [2.05, 4.69) is 67.8 Å². The first kappa shape index (κ1) is 52.2. The van der Waals surface area contributed by atoms with Crippen LogP contribution < -0.4 is 11.1 Å². The maximum Gasteiger partial charge on any atom is 0.472 e. The Morgan fingerprint density at radius 1 is 0.630 bits per heavy atom. The summed E-state index contributed by atoms with van der Waals surface area (Å²) in [5.41, 5.74) is 5.37. The SMILES string of the molecule is CC/C=C\C/C=C\C/C=C\C/C=C\CCCCCCC(=O)NC(COP(=O)(O)OCCN)C(O)/C=C/CCCCCCCCCCCCCCCCCC. The van der Waals surface area contributed by atoms with Gasteiger partial charge in [-0.3, -0.25) is 13.8 Å². The molecule has 0 aromatic carbocycles. The Morgan fingerprint density at radius 3 is 1.57 bits per heavy atom. The van der Waals surface area contributed by atoms with Crippen molar-refractivity contribution in [3.05, 3.63) is 60.8 Å². The van der Waals surface area contributed by atoms with Gasteiger partial charge in [0, 0.05) is 13.0 Å². The van der Waals surface area contributed by atoms with Crippen LogP contribution >= 0.6 is 7.82 Å². The maximum absolute atomic E-state index is 12.8. The molecule has 5 N–H and O–H groups in total. The summed E-state index contributed by atoms with van der Waals surface area (Å²) < 4.78 is 22.1. The standard InChI is InChI=1S/C45H83N2O6P/c1-3-5-7-9-11-13-15-17-19-21-23-24-26-28-30-32-34-36-38-44(48)43(42-53-54(50,51)52-41-40-46)47-45(49)39-37-35-33-31-29-27-25-22-20-18-16-14-12-10-8-6-4-2/h6,8,12,14,18,20,25,27,36,38,43-44,48H,3-5,7,9-11,13,15-17,19,21-24,26,28-35,37,39-42,46H2,1-2H3,(H,47,49)(H,50,51)/b8-6-,14-12-,20-18-,27-25-,38-36+. The Balaban J connectivity index is 4.27. The van der Waals surface area contributed by atoms with Crippen molar-refractivity contribution in [3.8, 4) is 0 Å². The Morgan fingerprint density at radius 2 is 1.07 bits per heavy atom. The summed E-state index contributed by atoms with van der Waals surface area (Å²) in [7, 11) is -4.35. The van der Waals surface area contributed by atoms with Crippen molar-refractivity contribution < 1.29 is 28.4 Å². The van der Waals surface area contributed by atoms with Gasteiger partial charge in [0.05, 0.1) is 25.4 Å². The second kappa shape index (κ2) is 40.9. The van der Waals surface area contributed by atoms with E-state index in [4.69, 9.17) is 14.8 Å². The number of aliphatic hydroxyl groups is 1. The van der Waals surface area contributed by atoms with Gasteiger partial charge in [-0.1, -0.05) is 184 Å². The highest BCUT2D eigenvalue weighted by molar-refractivity contribution is 7.47. The van der Waals surface area contributed by atoms with Crippen LogP contribution in [0.2, 0.25) is 0 Å². The lowest BCUT2D eigenvalue weighted by Crippen LogP contribution is -2.45. The van der Waals surface area contributed by atoms with Gasteiger partial charge in [0.2, 0.25) is 5.91 Å². The van der Waals surface area contributed by atoms with Crippen molar-refractivity contribution in [3.63, 3.8) is 0 Å². The Labute approximate surface area is 332 Å². The molecule has 54 heavy (non-hydrogen) atoms. The molecule has 0 aliphatic heterocycles. The van der Waals surface area contributed by atoms with Crippen molar-refractivity contribution in [2.45, 2.75) is 199 Å². The number of nitrogens with one attached hydrogen (secondary N) is 1. The van der Waals surface area contributed by atoms with Crippen molar-refractivity contribution in [2.24, 2.45) is 5.73 Å². The number of phosphoric acid groups is 1. The number of nitrogens with two attached hydrogens (primary N) is 1. The molecule has 0 saturated carbocycles. The van der Waals surface area contributed by atoms with Gasteiger partial charge in [0.15, 0.2) is 0 Å². The largest absolute Gasteiger partial charge is 0.472 e. The minimum atomic E-state index is -4.35. The lowest BCUT2D eigenvalue weighted by molar-refractivity contribution is -0.123. The molecule has 0 saturated heterocycles. The number of carbonyl (C=O) groups excluding carboxylic acids is 1. The second-order valence-electron chi connectivity index (χ2n) is 14.5. The van der Waals surface area contributed by atoms with Gasteiger partial charge in [-0.05, 0) is 57.8 Å². The van der Waals surface area contributed by atoms with Crippen LogP contribution in [0, 0.1) is 0 Å². The predicted molar refractivity (Wildman–Crippen MR) is 230 cm³/mol. The van der Waals surface area contributed by atoms with E-state index in [0.717, 1.165) is 77.0 Å². The lowest BCUT2D eigenvalue weighted by atomic mass is 10.0. The number of rotatable bonds is 40. The predicted octanol–water partition coefficient (Wildman–Crippen LogP) is 12.3. The van der Waals surface area contributed by atoms with Crippen LogP contribution in [0.15, 0.2) is 60.8 Å². The summed E-state index contributed by atoms with van der Waals surface area (Å²) in [6, 6.07) is -0.875. The third-order valence-corrected chi connectivity index (χ3v) is 10.3. The quantitative estimate of drug-likeness (QED) is 0.0277. The van der Waals surface area contributed by atoms with Gasteiger partial charge in [0.1, 0.15) is 0 Å². The Kier molecular flexibility index (Phi) is 39.5. The summed E-state index contributed by atoms with van der Waals surface area (Å²) in [6.45, 7) is 4.00. The molecule has 0 fully saturated rings. The summed E-state index contributed by atoms with van der Waals surface area (Å²) in [5.74, 6) is -0.219. The summed E-state index contributed by atoms with van der Waals surface area (Å²) in [4.78, 5) is 22.7. The van der Waals surface area contributed by atoms with Crippen LogP contribution in [0.1, 0.15) is 187 Å². The van der Waals surface area contributed by atoms with Crippen molar-refractivity contribution >= 4 is 13.7 Å². The fourth-order valence-electron chi connectivity index (χ4n) is 6.06. The minimum absolute atomic E-state index is 0.0717. The Bertz CT molecular complexity index is 1030. The highest BCUT2D eigenvalue weighted by atomic mass is 31.2. The molecule has 314 valence electrons. The molecule has 9 heteroatoms. The molecule has 0 rings (SSSR count).